The van der Waals surface area contributed by atoms with Crippen LogP contribution in [0.3, 0.4) is 0 Å². The molecule has 3 heterocycles. The summed E-state index contributed by atoms with van der Waals surface area (Å²) >= 11 is 0. The van der Waals surface area contributed by atoms with Gasteiger partial charge in [-0.15, -0.1) is 0 Å². The zero-order valence-corrected chi connectivity index (χ0v) is 18.6. The predicted molar refractivity (Wildman–Crippen MR) is 115 cm³/mol. The number of ether oxygens (including phenoxy) is 1. The van der Waals surface area contributed by atoms with Gasteiger partial charge in [0.15, 0.2) is 5.82 Å². The number of nitriles is 1. The summed E-state index contributed by atoms with van der Waals surface area (Å²) in [4.78, 5) is 20.9. The van der Waals surface area contributed by atoms with E-state index < -0.39 is 17.3 Å². The molecule has 1 aromatic heterocycles. The third-order valence-electron chi connectivity index (χ3n) is 6.82. The highest BCUT2D eigenvalue weighted by Gasteiger charge is 2.51. The number of benzene rings is 1. The van der Waals surface area contributed by atoms with Crippen molar-refractivity contribution in [2.75, 3.05) is 44.3 Å². The van der Waals surface area contributed by atoms with E-state index in [2.05, 4.69) is 4.98 Å². The Morgan fingerprint density at radius 2 is 2.15 bits per heavy atom. The van der Waals surface area contributed by atoms with Gasteiger partial charge in [-0.05, 0) is 31.5 Å². The van der Waals surface area contributed by atoms with Crippen LogP contribution in [0.25, 0.3) is 0 Å². The van der Waals surface area contributed by atoms with Crippen molar-refractivity contribution in [3.05, 3.63) is 47.5 Å². The normalized spacial score (nSPS) is 22.8. The minimum absolute atomic E-state index is 0.0343. The molecule has 2 saturated heterocycles. The summed E-state index contributed by atoms with van der Waals surface area (Å²) in [7, 11) is 1.77. The van der Waals surface area contributed by atoms with Crippen LogP contribution >= 0.6 is 0 Å². The van der Waals surface area contributed by atoms with Crippen molar-refractivity contribution in [3.8, 4) is 6.07 Å². The first-order valence-corrected chi connectivity index (χ1v) is 10.9. The SMILES string of the molecule is CCOCC12CCN(C(=O)c3nccn3C)CC1CN(c1ccc(C#N)c(C(F)(F)F)c1)C2. The quantitative estimate of drug-likeness (QED) is 0.683. The van der Waals surface area contributed by atoms with Crippen molar-refractivity contribution in [3.63, 3.8) is 0 Å². The van der Waals surface area contributed by atoms with Gasteiger partial charge < -0.3 is 19.1 Å². The summed E-state index contributed by atoms with van der Waals surface area (Å²) in [6.07, 6.45) is -0.622. The Morgan fingerprint density at radius 1 is 1.36 bits per heavy atom. The molecule has 0 bridgehead atoms. The standard InChI is InChI=1S/C23H26F3N5O2/c1-3-33-15-22-6-8-30(21(32)20-28-7-9-29(20)2)12-17(22)13-31(14-22)18-5-4-16(11-27)19(10-18)23(24,25)26/h4-5,7,9-10,17H,3,6,8,12-15H2,1-2H3. The van der Waals surface area contributed by atoms with E-state index in [9.17, 15) is 18.0 Å². The monoisotopic (exact) mass is 461 g/mol. The second kappa shape index (κ2) is 8.71. The summed E-state index contributed by atoms with van der Waals surface area (Å²) < 4.78 is 48.0. The van der Waals surface area contributed by atoms with Gasteiger partial charge in [-0.3, -0.25) is 4.79 Å². The Morgan fingerprint density at radius 3 is 2.79 bits per heavy atom. The molecule has 176 valence electrons. The fraction of sp³-hybridized carbons (Fsp3) is 0.522. The minimum Gasteiger partial charge on any atom is -0.381 e. The number of likely N-dealkylation sites (tertiary alicyclic amines) is 1. The molecular formula is C23H26F3N5O2. The van der Waals surface area contributed by atoms with E-state index in [1.54, 1.807) is 41.0 Å². The van der Waals surface area contributed by atoms with E-state index in [0.29, 0.717) is 57.3 Å². The maximum absolute atomic E-state index is 13.5. The lowest BCUT2D eigenvalue weighted by molar-refractivity contribution is -0.137. The van der Waals surface area contributed by atoms with Crippen molar-refractivity contribution in [2.45, 2.75) is 19.5 Å². The highest BCUT2D eigenvalue weighted by Crippen LogP contribution is 2.45. The first-order valence-electron chi connectivity index (χ1n) is 10.9. The number of carbonyl (C=O) groups excluding carboxylic acids is 1. The number of piperidine rings is 1. The number of hydrogen-bond donors (Lipinski definition) is 0. The van der Waals surface area contributed by atoms with Crippen LogP contribution < -0.4 is 4.90 Å². The summed E-state index contributed by atoms with van der Waals surface area (Å²) in [6, 6.07) is 5.48. The van der Waals surface area contributed by atoms with E-state index in [1.807, 2.05) is 11.8 Å². The van der Waals surface area contributed by atoms with E-state index in [-0.39, 0.29) is 17.2 Å². The van der Waals surface area contributed by atoms with Crippen molar-refractivity contribution in [1.29, 1.82) is 5.26 Å². The first kappa shape index (κ1) is 23.1. The zero-order chi connectivity index (χ0) is 23.8. The molecule has 33 heavy (non-hydrogen) atoms. The second-order valence-corrected chi connectivity index (χ2v) is 8.78. The molecule has 2 unspecified atom stereocenters. The van der Waals surface area contributed by atoms with Gasteiger partial charge in [-0.1, -0.05) is 0 Å². The molecule has 0 aliphatic carbocycles. The van der Waals surface area contributed by atoms with Gasteiger partial charge in [0.2, 0.25) is 0 Å². The number of aryl methyl sites for hydroxylation is 1. The molecule has 7 nitrogen and oxygen atoms in total. The molecule has 2 aromatic rings. The molecule has 0 radical (unpaired) electrons. The second-order valence-electron chi connectivity index (χ2n) is 8.78. The lowest BCUT2D eigenvalue weighted by atomic mass is 9.73. The van der Waals surface area contributed by atoms with E-state index in [4.69, 9.17) is 10.00 Å². The van der Waals surface area contributed by atoms with Gasteiger partial charge in [0.25, 0.3) is 5.91 Å². The largest absolute Gasteiger partial charge is 0.417 e. The number of imidazole rings is 1. The molecule has 2 fully saturated rings. The van der Waals surface area contributed by atoms with Crippen LogP contribution in [-0.4, -0.2) is 59.8 Å². The summed E-state index contributed by atoms with van der Waals surface area (Å²) in [6.45, 7) is 4.99. The average molecular weight is 461 g/mol. The topological polar surface area (TPSA) is 74.4 Å². The summed E-state index contributed by atoms with van der Waals surface area (Å²) in [5.41, 5.74) is -1.16. The minimum atomic E-state index is -4.61. The molecule has 0 spiro atoms. The molecule has 2 aliphatic rings. The average Bonchev–Trinajstić information content (AvgIpc) is 3.39. The number of amides is 1. The number of anilines is 1. The first-order chi connectivity index (χ1) is 15.7. The van der Waals surface area contributed by atoms with E-state index in [1.165, 1.54) is 6.07 Å². The van der Waals surface area contributed by atoms with Crippen LogP contribution in [0.5, 0.6) is 0 Å². The predicted octanol–water partition coefficient (Wildman–Crippen LogP) is 3.32. The molecule has 1 aromatic carbocycles. The summed E-state index contributed by atoms with van der Waals surface area (Å²) in [5.74, 6) is 0.250. The van der Waals surface area contributed by atoms with Crippen LogP contribution in [0.2, 0.25) is 0 Å². The van der Waals surface area contributed by atoms with Crippen molar-refractivity contribution in [1.82, 2.24) is 14.5 Å². The van der Waals surface area contributed by atoms with E-state index >= 15 is 0 Å². The van der Waals surface area contributed by atoms with Gasteiger partial charge in [0, 0.05) is 69.2 Å². The number of fused-ring (bicyclic) bond motifs is 1. The number of carbonyl (C=O) groups is 1. The molecule has 2 aliphatic heterocycles. The Balaban J connectivity index is 1.60. The fourth-order valence-electron chi connectivity index (χ4n) is 4.98. The van der Waals surface area contributed by atoms with Crippen LogP contribution in [0.1, 0.15) is 35.1 Å². The molecule has 0 N–H and O–H groups in total. The van der Waals surface area contributed by atoms with Crippen molar-refractivity contribution < 1.29 is 22.7 Å². The Kier molecular flexibility index (Phi) is 6.10. The number of halogens is 3. The maximum atomic E-state index is 13.5. The highest BCUT2D eigenvalue weighted by atomic mass is 19.4. The van der Waals surface area contributed by atoms with Crippen LogP contribution in [0.15, 0.2) is 30.6 Å². The Labute approximate surface area is 190 Å². The van der Waals surface area contributed by atoms with Crippen LogP contribution in [0.4, 0.5) is 18.9 Å². The summed E-state index contributed by atoms with van der Waals surface area (Å²) in [5, 5.41) is 9.10. The van der Waals surface area contributed by atoms with Crippen LogP contribution in [0, 0.1) is 22.7 Å². The van der Waals surface area contributed by atoms with Crippen LogP contribution in [-0.2, 0) is 18.0 Å². The molecular weight excluding hydrogens is 435 g/mol. The van der Waals surface area contributed by atoms with Crippen molar-refractivity contribution in [2.24, 2.45) is 18.4 Å². The Bertz CT molecular complexity index is 1080. The molecule has 2 atom stereocenters. The number of alkyl halides is 3. The molecule has 1 amide bonds. The molecule has 10 heteroatoms. The van der Waals surface area contributed by atoms with Gasteiger partial charge >= 0.3 is 6.18 Å². The van der Waals surface area contributed by atoms with Gasteiger partial charge in [-0.2, -0.15) is 18.4 Å². The van der Waals surface area contributed by atoms with Crippen molar-refractivity contribution >= 4 is 11.6 Å². The fourth-order valence-corrected chi connectivity index (χ4v) is 4.98. The number of aromatic nitrogens is 2. The lowest BCUT2D eigenvalue weighted by Gasteiger charge is -2.43. The van der Waals surface area contributed by atoms with Gasteiger partial charge in [-0.25, -0.2) is 4.98 Å². The third-order valence-corrected chi connectivity index (χ3v) is 6.82. The molecule has 4 rings (SSSR count). The lowest BCUT2D eigenvalue weighted by Crippen LogP contribution is -2.51. The maximum Gasteiger partial charge on any atom is 0.417 e. The number of hydrogen-bond acceptors (Lipinski definition) is 5. The van der Waals surface area contributed by atoms with Gasteiger partial charge in [0.05, 0.1) is 23.8 Å². The third kappa shape index (κ3) is 4.29. The highest BCUT2D eigenvalue weighted by molar-refractivity contribution is 5.91. The smallest absolute Gasteiger partial charge is 0.381 e. The molecule has 0 saturated carbocycles. The number of rotatable bonds is 5. The van der Waals surface area contributed by atoms with E-state index in [0.717, 1.165) is 6.07 Å². The number of nitrogens with zero attached hydrogens (tertiary/aromatic N) is 5. The Hall–Kier alpha value is -3.06. The zero-order valence-electron chi connectivity index (χ0n) is 18.6. The van der Waals surface area contributed by atoms with Gasteiger partial charge in [0.1, 0.15) is 0 Å².